The summed E-state index contributed by atoms with van der Waals surface area (Å²) >= 11 is 0. The van der Waals surface area contributed by atoms with Crippen molar-refractivity contribution in [1.29, 1.82) is 0 Å². The van der Waals surface area contributed by atoms with Crippen LogP contribution in [-0.2, 0) is 26.3 Å². The molecule has 0 aliphatic carbocycles. The fourth-order valence-electron chi connectivity index (χ4n) is 4.34. The van der Waals surface area contributed by atoms with E-state index in [9.17, 15) is 0 Å². The molecule has 6 nitrogen and oxygen atoms in total. The minimum atomic E-state index is 0.324. The van der Waals surface area contributed by atoms with Gasteiger partial charge in [-0.05, 0) is 51.2 Å². The van der Waals surface area contributed by atoms with Crippen LogP contribution < -0.4 is 0 Å². The molecule has 0 N–H and O–H groups in total. The average Bonchev–Trinajstić information content (AvgIpc) is 3.32. The highest BCUT2D eigenvalue weighted by atomic mass is 15.1. The molecule has 4 aromatic rings. The molecule has 0 saturated carbocycles. The summed E-state index contributed by atoms with van der Waals surface area (Å²) < 4.78 is 4.26. The quantitative estimate of drug-likeness (QED) is 0.338. The molecule has 0 aromatic carbocycles. The van der Waals surface area contributed by atoms with Crippen LogP contribution in [0.2, 0.25) is 0 Å². The molecule has 0 radical (unpaired) electrons. The predicted octanol–water partition coefficient (Wildman–Crippen LogP) is 5.82. The van der Waals surface area contributed by atoms with E-state index in [4.69, 9.17) is 15.0 Å². The summed E-state index contributed by atoms with van der Waals surface area (Å²) in [5, 5.41) is 0. The number of rotatable bonds is 8. The van der Waals surface area contributed by atoms with Crippen LogP contribution in [0, 0.1) is 0 Å². The van der Waals surface area contributed by atoms with Crippen LogP contribution in [0.15, 0.2) is 18.6 Å². The SMILES string of the molecule is CCCCCc1cn(C)c2nc(-c3cc4ncn(C(C)C)c4nc3CC)c(CC)nc12. The highest BCUT2D eigenvalue weighted by Gasteiger charge is 2.20. The molecule has 0 atom stereocenters. The van der Waals surface area contributed by atoms with E-state index < -0.39 is 0 Å². The Morgan fingerprint density at radius 1 is 0.935 bits per heavy atom. The van der Waals surface area contributed by atoms with Crippen LogP contribution in [0.1, 0.15) is 76.9 Å². The van der Waals surface area contributed by atoms with Crippen LogP contribution in [0.25, 0.3) is 33.6 Å². The first kappa shape index (κ1) is 21.5. The molecule has 6 heteroatoms. The van der Waals surface area contributed by atoms with E-state index in [2.05, 4.69) is 68.0 Å². The number of unbranched alkanes of at least 4 members (excludes halogenated alkanes) is 2. The Hall–Kier alpha value is -2.76. The molecule has 0 aliphatic heterocycles. The lowest BCUT2D eigenvalue weighted by molar-refractivity contribution is 0.612. The fourth-order valence-corrected chi connectivity index (χ4v) is 4.34. The number of imidazole rings is 1. The smallest absolute Gasteiger partial charge is 0.160 e. The van der Waals surface area contributed by atoms with Gasteiger partial charge in [-0.1, -0.05) is 33.6 Å². The van der Waals surface area contributed by atoms with E-state index in [-0.39, 0.29) is 0 Å². The van der Waals surface area contributed by atoms with E-state index in [1.54, 1.807) is 0 Å². The number of aromatic nitrogens is 6. The van der Waals surface area contributed by atoms with Gasteiger partial charge in [0.2, 0.25) is 0 Å². The predicted molar refractivity (Wildman–Crippen MR) is 127 cm³/mol. The minimum Gasteiger partial charge on any atom is -0.334 e. The molecule has 0 spiro atoms. The summed E-state index contributed by atoms with van der Waals surface area (Å²) in [6.07, 6.45) is 10.5. The molecule has 0 fully saturated rings. The van der Waals surface area contributed by atoms with Crippen LogP contribution >= 0.6 is 0 Å². The van der Waals surface area contributed by atoms with Gasteiger partial charge in [-0.2, -0.15) is 0 Å². The van der Waals surface area contributed by atoms with Crippen LogP contribution in [0.4, 0.5) is 0 Å². The molecule has 4 heterocycles. The molecule has 0 bridgehead atoms. The number of hydrogen-bond acceptors (Lipinski definition) is 4. The maximum atomic E-state index is 5.15. The molecule has 0 saturated heterocycles. The highest BCUT2D eigenvalue weighted by molar-refractivity contribution is 5.84. The normalized spacial score (nSPS) is 12.0. The molecule has 0 aliphatic rings. The van der Waals surface area contributed by atoms with Crippen molar-refractivity contribution in [3.05, 3.63) is 35.5 Å². The standard InChI is InChI=1S/C25H34N6/c1-7-10-11-12-17-14-30(6)25-22(17)27-20(9-3)23(29-25)18-13-21-24(28-19(18)8-2)31(15-26-21)16(4)5/h13-16H,7-12H2,1-6H3. The maximum absolute atomic E-state index is 5.15. The number of fused-ring (bicyclic) bond motifs is 2. The number of hydrogen-bond donors (Lipinski definition) is 0. The first-order chi connectivity index (χ1) is 15.0. The van der Waals surface area contributed by atoms with Crippen LogP contribution in [0.5, 0.6) is 0 Å². The largest absolute Gasteiger partial charge is 0.334 e. The first-order valence-electron chi connectivity index (χ1n) is 11.7. The van der Waals surface area contributed by atoms with Crippen molar-refractivity contribution in [2.75, 3.05) is 0 Å². The maximum Gasteiger partial charge on any atom is 0.160 e. The number of pyridine rings is 1. The lowest BCUT2D eigenvalue weighted by Crippen LogP contribution is -2.05. The second-order valence-corrected chi connectivity index (χ2v) is 8.69. The molecular weight excluding hydrogens is 384 g/mol. The van der Waals surface area contributed by atoms with Crippen molar-refractivity contribution in [3.8, 4) is 11.3 Å². The third-order valence-electron chi connectivity index (χ3n) is 6.10. The third-order valence-corrected chi connectivity index (χ3v) is 6.10. The van der Waals surface area contributed by atoms with Crippen molar-refractivity contribution in [2.24, 2.45) is 7.05 Å². The van der Waals surface area contributed by atoms with Crippen molar-refractivity contribution < 1.29 is 0 Å². The van der Waals surface area contributed by atoms with Gasteiger partial charge in [-0.25, -0.2) is 19.9 Å². The Morgan fingerprint density at radius 2 is 1.71 bits per heavy atom. The Balaban J connectivity index is 1.89. The van der Waals surface area contributed by atoms with Crippen LogP contribution in [0.3, 0.4) is 0 Å². The van der Waals surface area contributed by atoms with E-state index in [1.165, 1.54) is 24.8 Å². The van der Waals surface area contributed by atoms with Crippen LogP contribution in [-0.4, -0.2) is 29.1 Å². The topological polar surface area (TPSA) is 61.4 Å². The molecule has 4 aromatic heterocycles. The minimum absolute atomic E-state index is 0.324. The third kappa shape index (κ3) is 3.84. The van der Waals surface area contributed by atoms with Crippen molar-refractivity contribution in [1.82, 2.24) is 29.1 Å². The van der Waals surface area contributed by atoms with Gasteiger partial charge in [0, 0.05) is 24.8 Å². The van der Waals surface area contributed by atoms with E-state index in [0.717, 1.165) is 64.2 Å². The second kappa shape index (κ2) is 8.77. The summed E-state index contributed by atoms with van der Waals surface area (Å²) in [5.41, 5.74) is 9.26. The Labute approximate surface area is 184 Å². The molecule has 31 heavy (non-hydrogen) atoms. The van der Waals surface area contributed by atoms with Gasteiger partial charge in [0.25, 0.3) is 0 Å². The summed E-state index contributed by atoms with van der Waals surface area (Å²) in [4.78, 5) is 19.9. The molecular formula is C25H34N6. The molecule has 0 unspecified atom stereocenters. The lowest BCUT2D eigenvalue weighted by Gasteiger charge is -2.13. The second-order valence-electron chi connectivity index (χ2n) is 8.69. The zero-order valence-corrected chi connectivity index (χ0v) is 19.7. The monoisotopic (exact) mass is 418 g/mol. The number of aryl methyl sites for hydroxylation is 4. The summed E-state index contributed by atoms with van der Waals surface area (Å²) in [5.74, 6) is 0. The fraction of sp³-hybridized carbons (Fsp3) is 0.520. The molecule has 164 valence electrons. The zero-order valence-electron chi connectivity index (χ0n) is 19.7. The Bertz CT molecular complexity index is 1210. The van der Waals surface area contributed by atoms with Gasteiger partial charge in [-0.15, -0.1) is 0 Å². The lowest BCUT2D eigenvalue weighted by atomic mass is 10.0. The van der Waals surface area contributed by atoms with E-state index in [0.29, 0.717) is 6.04 Å². The van der Waals surface area contributed by atoms with Gasteiger partial charge in [0.05, 0.1) is 23.4 Å². The van der Waals surface area contributed by atoms with E-state index in [1.807, 2.05) is 6.33 Å². The summed E-state index contributed by atoms with van der Waals surface area (Å²) in [6, 6.07) is 2.48. The Morgan fingerprint density at radius 3 is 2.39 bits per heavy atom. The van der Waals surface area contributed by atoms with Gasteiger partial charge in [-0.3, -0.25) is 0 Å². The highest BCUT2D eigenvalue weighted by Crippen LogP contribution is 2.31. The van der Waals surface area contributed by atoms with Crippen molar-refractivity contribution in [2.45, 2.75) is 79.2 Å². The molecule has 4 rings (SSSR count). The van der Waals surface area contributed by atoms with Gasteiger partial charge < -0.3 is 9.13 Å². The van der Waals surface area contributed by atoms with Gasteiger partial charge >= 0.3 is 0 Å². The molecule has 0 amide bonds. The summed E-state index contributed by atoms with van der Waals surface area (Å²) in [6.45, 7) is 10.9. The van der Waals surface area contributed by atoms with Gasteiger partial charge in [0.1, 0.15) is 11.0 Å². The van der Waals surface area contributed by atoms with Crippen molar-refractivity contribution in [3.63, 3.8) is 0 Å². The van der Waals surface area contributed by atoms with Gasteiger partial charge in [0.15, 0.2) is 11.3 Å². The Kier molecular flexibility index (Phi) is 6.08. The average molecular weight is 419 g/mol. The number of nitrogens with zero attached hydrogens (tertiary/aromatic N) is 6. The summed E-state index contributed by atoms with van der Waals surface area (Å²) in [7, 11) is 2.07. The first-order valence-corrected chi connectivity index (χ1v) is 11.7. The van der Waals surface area contributed by atoms with Crippen molar-refractivity contribution >= 4 is 22.3 Å². The van der Waals surface area contributed by atoms with E-state index >= 15 is 0 Å². The zero-order chi connectivity index (χ0) is 22.1.